The van der Waals surface area contributed by atoms with E-state index < -0.39 is 0 Å². The molecule has 1 rings (SSSR count). The van der Waals surface area contributed by atoms with Crippen LogP contribution in [0.25, 0.3) is 0 Å². The third-order valence-corrected chi connectivity index (χ3v) is 2.41. The van der Waals surface area contributed by atoms with Crippen molar-refractivity contribution in [3.8, 4) is 5.75 Å². The molecule has 0 saturated heterocycles. The Bertz CT molecular complexity index is 367. The fourth-order valence-corrected chi connectivity index (χ4v) is 1.33. The molecule has 0 atom stereocenters. The summed E-state index contributed by atoms with van der Waals surface area (Å²) in [4.78, 5) is 10.8. The van der Waals surface area contributed by atoms with Crippen molar-refractivity contribution in [1.82, 2.24) is 0 Å². The fourth-order valence-electron chi connectivity index (χ4n) is 1.33. The SMILES string of the molecule is Bc1ccc(C=O)c(OCCC(C)(C)C)c1. The predicted molar refractivity (Wildman–Crippen MR) is 69.6 cm³/mol. The van der Waals surface area contributed by atoms with Crippen LogP contribution in [0.5, 0.6) is 5.75 Å². The minimum absolute atomic E-state index is 0.255. The highest BCUT2D eigenvalue weighted by molar-refractivity contribution is 6.32. The van der Waals surface area contributed by atoms with Crippen molar-refractivity contribution in [2.24, 2.45) is 5.41 Å². The summed E-state index contributed by atoms with van der Waals surface area (Å²) in [6, 6.07) is 5.63. The largest absolute Gasteiger partial charge is 0.493 e. The molecule has 0 aliphatic rings. The van der Waals surface area contributed by atoms with Crippen molar-refractivity contribution in [3.05, 3.63) is 23.8 Å². The topological polar surface area (TPSA) is 26.3 Å². The molecule has 2 nitrogen and oxygen atoms in total. The first-order valence-electron chi connectivity index (χ1n) is 5.61. The van der Waals surface area contributed by atoms with Crippen LogP contribution in [0.1, 0.15) is 37.6 Å². The lowest BCUT2D eigenvalue weighted by molar-refractivity contribution is 0.111. The summed E-state index contributed by atoms with van der Waals surface area (Å²) >= 11 is 0. The Morgan fingerprint density at radius 2 is 2.06 bits per heavy atom. The van der Waals surface area contributed by atoms with Gasteiger partial charge in [0.15, 0.2) is 6.29 Å². The molecule has 0 N–H and O–H groups in total. The van der Waals surface area contributed by atoms with Crippen LogP contribution in [0.2, 0.25) is 0 Å². The second-order valence-corrected chi connectivity index (χ2v) is 5.32. The molecule has 0 fully saturated rings. The maximum absolute atomic E-state index is 10.8. The molecule has 1 aromatic carbocycles. The average Bonchev–Trinajstić information content (AvgIpc) is 2.16. The smallest absolute Gasteiger partial charge is 0.153 e. The minimum atomic E-state index is 0.255. The zero-order valence-corrected chi connectivity index (χ0v) is 10.5. The van der Waals surface area contributed by atoms with Gasteiger partial charge in [-0.05, 0) is 24.0 Å². The summed E-state index contributed by atoms with van der Waals surface area (Å²) in [5.74, 6) is 0.694. The van der Waals surface area contributed by atoms with Crippen LogP contribution >= 0.6 is 0 Å². The van der Waals surface area contributed by atoms with Crippen molar-refractivity contribution in [2.45, 2.75) is 27.2 Å². The molecule has 0 spiro atoms. The van der Waals surface area contributed by atoms with E-state index in [1.165, 1.54) is 0 Å². The number of benzene rings is 1. The highest BCUT2D eigenvalue weighted by Gasteiger charge is 2.11. The Balaban J connectivity index is 2.65. The standard InChI is InChI=1S/C13H19BO2/c1-13(2,3)6-7-16-12-8-11(14)5-4-10(12)9-15/h4-5,8-9H,6-7,14H2,1-3H3. The number of ether oxygens (including phenoxy) is 1. The minimum Gasteiger partial charge on any atom is -0.493 e. The van der Waals surface area contributed by atoms with E-state index in [0.29, 0.717) is 17.9 Å². The van der Waals surface area contributed by atoms with Crippen molar-refractivity contribution in [1.29, 1.82) is 0 Å². The Morgan fingerprint density at radius 1 is 1.38 bits per heavy atom. The van der Waals surface area contributed by atoms with E-state index in [2.05, 4.69) is 20.8 Å². The van der Waals surface area contributed by atoms with Crippen LogP contribution in [0.4, 0.5) is 0 Å². The zero-order chi connectivity index (χ0) is 12.2. The number of carbonyl (C=O) groups is 1. The van der Waals surface area contributed by atoms with Crippen LogP contribution in [0.3, 0.4) is 0 Å². The van der Waals surface area contributed by atoms with Gasteiger partial charge in [0.25, 0.3) is 0 Å². The summed E-state index contributed by atoms with van der Waals surface area (Å²) in [6.07, 6.45) is 1.81. The summed E-state index contributed by atoms with van der Waals surface area (Å²) in [7, 11) is 1.99. The van der Waals surface area contributed by atoms with Gasteiger partial charge in [-0.25, -0.2) is 0 Å². The first-order chi connectivity index (χ1) is 7.42. The van der Waals surface area contributed by atoms with Gasteiger partial charge in [0.1, 0.15) is 13.6 Å². The molecule has 0 saturated carbocycles. The lowest BCUT2D eigenvalue weighted by atomic mass is 9.93. The normalized spacial score (nSPS) is 11.2. The number of hydrogen-bond donors (Lipinski definition) is 0. The maximum atomic E-state index is 10.8. The van der Waals surface area contributed by atoms with Crippen LogP contribution < -0.4 is 10.2 Å². The van der Waals surface area contributed by atoms with E-state index in [9.17, 15) is 4.79 Å². The van der Waals surface area contributed by atoms with Gasteiger partial charge in [-0.1, -0.05) is 32.3 Å². The molecule has 86 valence electrons. The van der Waals surface area contributed by atoms with Crippen LogP contribution in [0.15, 0.2) is 18.2 Å². The van der Waals surface area contributed by atoms with Gasteiger partial charge in [0.05, 0.1) is 12.2 Å². The molecule has 0 bridgehead atoms. The van der Waals surface area contributed by atoms with Gasteiger partial charge >= 0.3 is 0 Å². The third-order valence-electron chi connectivity index (χ3n) is 2.41. The first-order valence-corrected chi connectivity index (χ1v) is 5.61. The highest BCUT2D eigenvalue weighted by Crippen LogP contribution is 2.20. The second kappa shape index (κ2) is 5.19. The quantitative estimate of drug-likeness (QED) is 0.566. The zero-order valence-electron chi connectivity index (χ0n) is 10.5. The highest BCUT2D eigenvalue weighted by atomic mass is 16.5. The van der Waals surface area contributed by atoms with E-state index in [-0.39, 0.29) is 5.41 Å². The summed E-state index contributed by atoms with van der Waals surface area (Å²) in [6.45, 7) is 7.17. The molecule has 0 heterocycles. The van der Waals surface area contributed by atoms with Gasteiger partial charge in [0.2, 0.25) is 0 Å². The lowest BCUT2D eigenvalue weighted by Crippen LogP contribution is -2.13. The van der Waals surface area contributed by atoms with Crippen LogP contribution in [-0.2, 0) is 0 Å². The molecule has 0 aromatic heterocycles. The Morgan fingerprint density at radius 3 is 2.62 bits per heavy atom. The van der Waals surface area contributed by atoms with Crippen molar-refractivity contribution < 1.29 is 9.53 Å². The molecule has 0 radical (unpaired) electrons. The lowest BCUT2D eigenvalue weighted by Gasteiger charge is -2.18. The van der Waals surface area contributed by atoms with Crippen LogP contribution in [0, 0.1) is 5.41 Å². The van der Waals surface area contributed by atoms with Gasteiger partial charge < -0.3 is 4.74 Å². The molecule has 1 aromatic rings. The Hall–Kier alpha value is -1.25. The van der Waals surface area contributed by atoms with Gasteiger partial charge in [-0.15, -0.1) is 0 Å². The summed E-state index contributed by atoms with van der Waals surface area (Å²) in [5.41, 5.74) is 1.99. The summed E-state index contributed by atoms with van der Waals surface area (Å²) < 4.78 is 5.65. The number of hydrogen-bond acceptors (Lipinski definition) is 2. The Kier molecular flexibility index (Phi) is 4.16. The van der Waals surface area contributed by atoms with E-state index in [1.54, 1.807) is 6.07 Å². The molecule has 3 heteroatoms. The fraction of sp³-hybridized carbons (Fsp3) is 0.462. The maximum Gasteiger partial charge on any atom is 0.153 e. The molecular formula is C13H19BO2. The summed E-state index contributed by atoms with van der Waals surface area (Å²) in [5, 5.41) is 0. The molecule has 0 aliphatic carbocycles. The molecule has 0 amide bonds. The molecule has 0 aliphatic heterocycles. The predicted octanol–water partition coefficient (Wildman–Crippen LogP) is 1.57. The number of rotatable bonds is 4. The monoisotopic (exact) mass is 218 g/mol. The first kappa shape index (κ1) is 12.8. The third kappa shape index (κ3) is 4.09. The van der Waals surface area contributed by atoms with E-state index in [1.807, 2.05) is 20.0 Å². The Labute approximate surface area is 98.4 Å². The van der Waals surface area contributed by atoms with Crippen LogP contribution in [-0.4, -0.2) is 20.7 Å². The van der Waals surface area contributed by atoms with Gasteiger partial charge in [-0.3, -0.25) is 4.79 Å². The van der Waals surface area contributed by atoms with Crippen molar-refractivity contribution in [2.75, 3.05) is 6.61 Å². The van der Waals surface area contributed by atoms with Crippen molar-refractivity contribution >= 4 is 19.6 Å². The van der Waals surface area contributed by atoms with Gasteiger partial charge in [-0.2, -0.15) is 0 Å². The molecular weight excluding hydrogens is 199 g/mol. The van der Waals surface area contributed by atoms with Gasteiger partial charge in [0, 0.05) is 0 Å². The van der Waals surface area contributed by atoms with Crippen molar-refractivity contribution in [3.63, 3.8) is 0 Å². The second-order valence-electron chi connectivity index (χ2n) is 5.32. The number of carbonyl (C=O) groups excluding carboxylic acids is 1. The molecule has 16 heavy (non-hydrogen) atoms. The van der Waals surface area contributed by atoms with E-state index in [0.717, 1.165) is 18.2 Å². The van der Waals surface area contributed by atoms with E-state index >= 15 is 0 Å². The van der Waals surface area contributed by atoms with E-state index in [4.69, 9.17) is 4.74 Å². The average molecular weight is 218 g/mol. The molecule has 0 unspecified atom stereocenters. The number of aldehydes is 1.